The lowest BCUT2D eigenvalue weighted by Crippen LogP contribution is -2.31. The van der Waals surface area contributed by atoms with Crippen molar-refractivity contribution in [3.05, 3.63) is 82.8 Å². The summed E-state index contributed by atoms with van der Waals surface area (Å²) in [5.41, 5.74) is 5.47. The Morgan fingerprint density at radius 2 is 1.83 bits per heavy atom. The molecule has 1 amide bonds. The van der Waals surface area contributed by atoms with Crippen LogP contribution in [0.25, 0.3) is 0 Å². The Morgan fingerprint density at radius 1 is 1.10 bits per heavy atom. The van der Waals surface area contributed by atoms with E-state index in [1.807, 2.05) is 38.1 Å². The molecule has 1 aromatic heterocycles. The molecule has 0 saturated heterocycles. The van der Waals surface area contributed by atoms with Gasteiger partial charge in [0.05, 0.1) is 5.57 Å². The standard InChI is InChI=1S/C23H25N5O/c1-14(2)17-9-11-18(12-10-17)21-20(16(4)26-23-24-13-25-28(21)23)22(29)27-19-8-6-5-7-15(19)3/h5-14,21H,1-4H3,(H,27,29)(H,24,25,26)/t21-/m1/s1. The second-order valence-corrected chi connectivity index (χ2v) is 7.68. The number of carbonyl (C=O) groups is 1. The van der Waals surface area contributed by atoms with Crippen LogP contribution in [0.15, 0.2) is 66.1 Å². The van der Waals surface area contributed by atoms with Crippen LogP contribution in [-0.2, 0) is 4.79 Å². The molecule has 2 aromatic carbocycles. The van der Waals surface area contributed by atoms with Gasteiger partial charge in [0, 0.05) is 11.4 Å². The maximum absolute atomic E-state index is 13.4. The maximum Gasteiger partial charge on any atom is 0.255 e. The average molecular weight is 387 g/mol. The highest BCUT2D eigenvalue weighted by molar-refractivity contribution is 6.06. The van der Waals surface area contributed by atoms with Crippen LogP contribution in [0, 0.1) is 6.92 Å². The number of aryl methyl sites for hydroxylation is 1. The number of hydrogen-bond donors (Lipinski definition) is 2. The molecule has 0 fully saturated rings. The second kappa shape index (κ2) is 7.54. The van der Waals surface area contributed by atoms with Gasteiger partial charge in [-0.3, -0.25) is 4.79 Å². The Kier molecular flexibility index (Phi) is 4.92. The molecule has 0 unspecified atom stereocenters. The van der Waals surface area contributed by atoms with Gasteiger partial charge in [0.15, 0.2) is 0 Å². The van der Waals surface area contributed by atoms with Gasteiger partial charge in [-0.25, -0.2) is 4.68 Å². The van der Waals surface area contributed by atoms with Gasteiger partial charge < -0.3 is 10.6 Å². The molecule has 1 atom stereocenters. The summed E-state index contributed by atoms with van der Waals surface area (Å²) in [4.78, 5) is 17.6. The van der Waals surface area contributed by atoms with Crippen LogP contribution >= 0.6 is 0 Å². The topological polar surface area (TPSA) is 71.8 Å². The van der Waals surface area contributed by atoms with Crippen molar-refractivity contribution in [1.29, 1.82) is 0 Å². The zero-order chi connectivity index (χ0) is 20.5. The van der Waals surface area contributed by atoms with E-state index < -0.39 is 0 Å². The summed E-state index contributed by atoms with van der Waals surface area (Å²) in [6.45, 7) is 8.22. The van der Waals surface area contributed by atoms with Crippen LogP contribution in [0.5, 0.6) is 0 Å². The molecule has 29 heavy (non-hydrogen) atoms. The number of nitrogens with one attached hydrogen (secondary N) is 2. The fourth-order valence-corrected chi connectivity index (χ4v) is 3.66. The van der Waals surface area contributed by atoms with E-state index in [1.54, 1.807) is 4.68 Å². The zero-order valence-corrected chi connectivity index (χ0v) is 17.1. The molecule has 1 aliphatic heterocycles. The molecule has 2 heterocycles. The Bertz CT molecular complexity index is 1080. The lowest BCUT2D eigenvalue weighted by atomic mass is 9.92. The largest absolute Gasteiger partial charge is 0.328 e. The average Bonchev–Trinajstić information content (AvgIpc) is 3.16. The summed E-state index contributed by atoms with van der Waals surface area (Å²) in [6, 6.07) is 15.8. The van der Waals surface area contributed by atoms with Crippen LogP contribution < -0.4 is 10.6 Å². The first-order chi connectivity index (χ1) is 14.0. The fraction of sp³-hybridized carbons (Fsp3) is 0.261. The van der Waals surface area contributed by atoms with Gasteiger partial charge >= 0.3 is 0 Å². The number of para-hydroxylation sites is 1. The van der Waals surface area contributed by atoms with Crippen molar-refractivity contribution >= 4 is 17.5 Å². The molecule has 1 aliphatic rings. The molecule has 6 nitrogen and oxygen atoms in total. The Hall–Kier alpha value is -3.41. The minimum absolute atomic E-state index is 0.150. The first kappa shape index (κ1) is 18.9. The number of amides is 1. The Morgan fingerprint density at radius 3 is 2.52 bits per heavy atom. The van der Waals surface area contributed by atoms with Gasteiger partial charge in [0.25, 0.3) is 5.91 Å². The highest BCUT2D eigenvalue weighted by Crippen LogP contribution is 2.35. The number of hydrogen-bond acceptors (Lipinski definition) is 4. The third-order valence-corrected chi connectivity index (χ3v) is 5.35. The fourth-order valence-electron chi connectivity index (χ4n) is 3.66. The minimum atomic E-state index is -0.348. The van der Waals surface area contributed by atoms with Crippen molar-refractivity contribution in [3.63, 3.8) is 0 Å². The quantitative estimate of drug-likeness (QED) is 0.684. The van der Waals surface area contributed by atoms with E-state index in [9.17, 15) is 4.79 Å². The highest BCUT2D eigenvalue weighted by atomic mass is 16.1. The van der Waals surface area contributed by atoms with Crippen molar-refractivity contribution in [2.45, 2.75) is 39.7 Å². The van der Waals surface area contributed by atoms with E-state index >= 15 is 0 Å². The summed E-state index contributed by atoms with van der Waals surface area (Å²) < 4.78 is 1.77. The molecule has 0 bridgehead atoms. The van der Waals surface area contributed by atoms with E-state index in [4.69, 9.17) is 0 Å². The zero-order valence-electron chi connectivity index (χ0n) is 17.1. The van der Waals surface area contributed by atoms with Crippen molar-refractivity contribution in [2.75, 3.05) is 10.6 Å². The van der Waals surface area contributed by atoms with Crippen LogP contribution in [-0.4, -0.2) is 20.7 Å². The number of rotatable bonds is 4. The van der Waals surface area contributed by atoms with Crippen LogP contribution in [0.2, 0.25) is 0 Å². The van der Waals surface area contributed by atoms with Gasteiger partial charge in [-0.2, -0.15) is 10.1 Å². The van der Waals surface area contributed by atoms with E-state index in [2.05, 4.69) is 58.8 Å². The molecular formula is C23H25N5O. The molecular weight excluding hydrogens is 362 g/mol. The summed E-state index contributed by atoms with van der Waals surface area (Å²) in [6.07, 6.45) is 1.51. The van der Waals surface area contributed by atoms with Crippen molar-refractivity contribution in [3.8, 4) is 0 Å². The molecule has 0 spiro atoms. The predicted octanol–water partition coefficient (Wildman–Crippen LogP) is 4.64. The van der Waals surface area contributed by atoms with E-state index in [1.165, 1.54) is 11.9 Å². The third kappa shape index (κ3) is 3.53. The number of benzene rings is 2. The molecule has 148 valence electrons. The number of aromatic nitrogens is 3. The van der Waals surface area contributed by atoms with Gasteiger partial charge in [0.1, 0.15) is 12.4 Å². The second-order valence-electron chi connectivity index (χ2n) is 7.68. The van der Waals surface area contributed by atoms with Crippen LogP contribution in [0.3, 0.4) is 0 Å². The van der Waals surface area contributed by atoms with E-state index in [0.717, 1.165) is 22.5 Å². The number of anilines is 2. The number of fused-ring (bicyclic) bond motifs is 1. The van der Waals surface area contributed by atoms with E-state index in [-0.39, 0.29) is 11.9 Å². The summed E-state index contributed by atoms with van der Waals surface area (Å²) in [5.74, 6) is 0.927. The predicted molar refractivity (Wildman–Crippen MR) is 115 cm³/mol. The van der Waals surface area contributed by atoms with Crippen molar-refractivity contribution in [1.82, 2.24) is 14.8 Å². The molecule has 0 aliphatic carbocycles. The number of nitrogens with zero attached hydrogens (tertiary/aromatic N) is 3. The summed E-state index contributed by atoms with van der Waals surface area (Å²) in [7, 11) is 0. The van der Waals surface area contributed by atoms with Crippen molar-refractivity contribution < 1.29 is 4.79 Å². The van der Waals surface area contributed by atoms with Gasteiger partial charge in [-0.05, 0) is 42.5 Å². The molecule has 2 N–H and O–H groups in total. The Labute approximate surface area is 170 Å². The summed E-state index contributed by atoms with van der Waals surface area (Å²) >= 11 is 0. The first-order valence-electron chi connectivity index (χ1n) is 9.80. The lowest BCUT2D eigenvalue weighted by Gasteiger charge is -2.29. The normalized spacial score (nSPS) is 15.8. The third-order valence-electron chi connectivity index (χ3n) is 5.35. The number of carbonyl (C=O) groups excluding carboxylic acids is 1. The highest BCUT2D eigenvalue weighted by Gasteiger charge is 2.33. The molecule has 0 saturated carbocycles. The Balaban J connectivity index is 1.75. The first-order valence-corrected chi connectivity index (χ1v) is 9.80. The molecule has 3 aromatic rings. The molecule has 6 heteroatoms. The lowest BCUT2D eigenvalue weighted by molar-refractivity contribution is -0.113. The van der Waals surface area contributed by atoms with Gasteiger partial charge in [-0.1, -0.05) is 56.3 Å². The SMILES string of the molecule is CC1=C(C(=O)Nc2ccccc2C)[C@@H](c2ccc(C(C)C)cc2)n2ncnc2N1. The maximum atomic E-state index is 13.4. The van der Waals surface area contributed by atoms with Gasteiger partial charge in [0.2, 0.25) is 5.95 Å². The van der Waals surface area contributed by atoms with Crippen molar-refractivity contribution in [2.24, 2.45) is 0 Å². The number of allylic oxidation sites excluding steroid dienone is 1. The van der Waals surface area contributed by atoms with Crippen LogP contribution in [0.4, 0.5) is 11.6 Å². The van der Waals surface area contributed by atoms with Crippen LogP contribution in [0.1, 0.15) is 49.4 Å². The monoisotopic (exact) mass is 387 g/mol. The minimum Gasteiger partial charge on any atom is -0.328 e. The summed E-state index contributed by atoms with van der Waals surface area (Å²) in [5, 5.41) is 10.7. The van der Waals surface area contributed by atoms with Gasteiger partial charge in [-0.15, -0.1) is 0 Å². The molecule has 0 radical (unpaired) electrons. The van der Waals surface area contributed by atoms with E-state index in [0.29, 0.717) is 17.4 Å². The smallest absolute Gasteiger partial charge is 0.255 e. The molecule has 4 rings (SSSR count).